The van der Waals surface area contributed by atoms with Gasteiger partial charge in [-0.05, 0) is 36.0 Å². The number of aromatic carboxylic acids is 1. The van der Waals surface area contributed by atoms with E-state index in [-0.39, 0.29) is 5.69 Å². The normalized spacial score (nSPS) is 14.4. The third kappa shape index (κ3) is 6.31. The van der Waals surface area contributed by atoms with E-state index in [1.54, 1.807) is 12.1 Å². The lowest BCUT2D eigenvalue weighted by molar-refractivity contribution is 0.0691. The Hall–Kier alpha value is -3.02. The third-order valence-corrected chi connectivity index (χ3v) is 6.90. The van der Waals surface area contributed by atoms with Gasteiger partial charge in [0.15, 0.2) is 11.5 Å². The zero-order valence-corrected chi connectivity index (χ0v) is 20.2. The molecule has 2 heterocycles. The summed E-state index contributed by atoms with van der Waals surface area (Å²) in [5.74, 6) is 1.82. The second-order valence-corrected chi connectivity index (χ2v) is 9.50. The fourth-order valence-electron chi connectivity index (χ4n) is 4.96. The Morgan fingerprint density at radius 1 is 1.09 bits per heavy atom. The van der Waals surface area contributed by atoms with Crippen LogP contribution < -0.4 is 0 Å². The van der Waals surface area contributed by atoms with Gasteiger partial charge in [0.1, 0.15) is 5.82 Å². The van der Waals surface area contributed by atoms with Crippen molar-refractivity contribution in [3.05, 3.63) is 65.5 Å². The van der Waals surface area contributed by atoms with E-state index in [1.165, 1.54) is 57.6 Å². The number of aryl methyl sites for hydroxylation is 2. The maximum Gasteiger partial charge on any atom is 0.355 e. The first-order valence-corrected chi connectivity index (χ1v) is 12.8. The maximum atomic E-state index is 11.5. The molecule has 6 nitrogen and oxygen atoms in total. The summed E-state index contributed by atoms with van der Waals surface area (Å²) >= 11 is 0. The number of carbonyl (C=O) groups is 1. The van der Waals surface area contributed by atoms with Crippen molar-refractivity contribution in [2.24, 2.45) is 5.92 Å². The van der Waals surface area contributed by atoms with Gasteiger partial charge in [-0.1, -0.05) is 82.2 Å². The van der Waals surface area contributed by atoms with Crippen LogP contribution in [0.2, 0.25) is 0 Å². The van der Waals surface area contributed by atoms with Crippen LogP contribution in [0.15, 0.2) is 42.6 Å². The molecule has 0 aliphatic heterocycles. The van der Waals surface area contributed by atoms with Crippen LogP contribution in [0.3, 0.4) is 0 Å². The van der Waals surface area contributed by atoms with E-state index < -0.39 is 5.97 Å². The van der Waals surface area contributed by atoms with E-state index in [0.717, 1.165) is 54.5 Å². The van der Waals surface area contributed by atoms with Crippen LogP contribution >= 0.6 is 0 Å². The highest BCUT2D eigenvalue weighted by molar-refractivity contribution is 5.93. The van der Waals surface area contributed by atoms with Crippen molar-refractivity contribution < 1.29 is 9.90 Å². The van der Waals surface area contributed by atoms with E-state index >= 15 is 0 Å². The van der Waals surface area contributed by atoms with E-state index in [2.05, 4.69) is 28.7 Å². The summed E-state index contributed by atoms with van der Waals surface area (Å²) in [7, 11) is 0. The molecule has 180 valence electrons. The molecular formula is C28H36N4O2. The Labute approximate surface area is 202 Å². The van der Waals surface area contributed by atoms with Crippen LogP contribution in [0.4, 0.5) is 0 Å². The summed E-state index contributed by atoms with van der Waals surface area (Å²) < 4.78 is 2.11. The topological polar surface area (TPSA) is 80.9 Å². The Balaban J connectivity index is 1.47. The largest absolute Gasteiger partial charge is 0.476 e. The first kappa shape index (κ1) is 24.1. The minimum absolute atomic E-state index is 0.0773. The molecule has 0 spiro atoms. The Morgan fingerprint density at radius 2 is 1.88 bits per heavy atom. The Kier molecular flexibility index (Phi) is 8.45. The van der Waals surface area contributed by atoms with E-state index in [4.69, 9.17) is 10.1 Å². The van der Waals surface area contributed by atoms with Gasteiger partial charge >= 0.3 is 5.97 Å². The van der Waals surface area contributed by atoms with E-state index in [9.17, 15) is 9.90 Å². The number of carboxylic acid groups (broad SMARTS) is 1. The van der Waals surface area contributed by atoms with Gasteiger partial charge in [0.05, 0.1) is 0 Å². The number of pyridine rings is 1. The lowest BCUT2D eigenvalue weighted by Crippen LogP contribution is -2.08. The zero-order valence-electron chi connectivity index (χ0n) is 20.2. The summed E-state index contributed by atoms with van der Waals surface area (Å²) in [6.07, 6.45) is 14.8. The molecule has 1 aromatic carbocycles. The van der Waals surface area contributed by atoms with Gasteiger partial charge < -0.3 is 5.11 Å². The standard InChI is InChI=1S/C28H36N4O2/c1-2-3-7-19-32-26(30-25(31-32)17-14-21-9-5-4-6-10-21)20-22-12-15-23(16-13-22)24-11-8-18-29-27(24)28(33)34/h8,11-13,15-16,18,21H,2-7,9-10,14,17,19-20H2,1H3,(H,33,34). The molecule has 1 N–H and O–H groups in total. The average Bonchev–Trinajstić information content (AvgIpc) is 3.25. The minimum Gasteiger partial charge on any atom is -0.476 e. The number of rotatable bonds is 11. The number of hydrogen-bond acceptors (Lipinski definition) is 4. The molecule has 0 saturated heterocycles. The molecule has 0 unspecified atom stereocenters. The van der Waals surface area contributed by atoms with Crippen molar-refractivity contribution in [2.45, 2.75) is 84.1 Å². The Bertz CT molecular complexity index is 1070. The second-order valence-electron chi connectivity index (χ2n) is 9.50. The highest BCUT2D eigenvalue weighted by Gasteiger charge is 2.17. The molecule has 1 aliphatic carbocycles. The monoisotopic (exact) mass is 460 g/mol. The van der Waals surface area contributed by atoms with Crippen LogP contribution in [0.25, 0.3) is 11.1 Å². The summed E-state index contributed by atoms with van der Waals surface area (Å²) in [5, 5.41) is 14.3. The minimum atomic E-state index is -1.01. The van der Waals surface area contributed by atoms with Crippen molar-refractivity contribution in [3.8, 4) is 11.1 Å². The summed E-state index contributed by atoms with van der Waals surface area (Å²) in [6.45, 7) is 3.13. The number of unbranched alkanes of at least 4 members (excludes halogenated alkanes) is 2. The fourth-order valence-corrected chi connectivity index (χ4v) is 4.96. The maximum absolute atomic E-state index is 11.5. The average molecular weight is 461 g/mol. The molecule has 0 amide bonds. The number of benzene rings is 1. The molecule has 1 aliphatic rings. The lowest BCUT2D eigenvalue weighted by Gasteiger charge is -2.20. The first-order valence-electron chi connectivity index (χ1n) is 12.8. The lowest BCUT2D eigenvalue weighted by atomic mass is 9.86. The van der Waals surface area contributed by atoms with Crippen molar-refractivity contribution >= 4 is 5.97 Å². The predicted octanol–water partition coefficient (Wildman–Crippen LogP) is 6.33. The molecular weight excluding hydrogens is 424 g/mol. The molecule has 4 rings (SSSR count). The van der Waals surface area contributed by atoms with Gasteiger partial charge in [0, 0.05) is 31.1 Å². The number of aromatic nitrogens is 4. The summed E-state index contributed by atoms with van der Waals surface area (Å²) in [5.41, 5.74) is 2.71. The number of carboxylic acids is 1. The number of hydrogen-bond donors (Lipinski definition) is 1. The van der Waals surface area contributed by atoms with Gasteiger partial charge in [-0.3, -0.25) is 0 Å². The second kappa shape index (κ2) is 11.9. The molecule has 0 radical (unpaired) electrons. The molecule has 0 bridgehead atoms. The van der Waals surface area contributed by atoms with Gasteiger partial charge in [-0.25, -0.2) is 19.4 Å². The highest BCUT2D eigenvalue weighted by atomic mass is 16.4. The highest BCUT2D eigenvalue weighted by Crippen LogP contribution is 2.27. The molecule has 6 heteroatoms. The molecule has 0 atom stereocenters. The van der Waals surface area contributed by atoms with Gasteiger partial charge in [-0.2, -0.15) is 5.10 Å². The van der Waals surface area contributed by atoms with Crippen molar-refractivity contribution in [2.75, 3.05) is 0 Å². The quantitative estimate of drug-likeness (QED) is 0.338. The van der Waals surface area contributed by atoms with Crippen molar-refractivity contribution in [3.63, 3.8) is 0 Å². The van der Waals surface area contributed by atoms with Crippen LogP contribution in [-0.4, -0.2) is 30.8 Å². The van der Waals surface area contributed by atoms with Gasteiger partial charge in [0.25, 0.3) is 0 Å². The fraction of sp³-hybridized carbons (Fsp3) is 0.500. The molecule has 2 aromatic heterocycles. The van der Waals surface area contributed by atoms with Crippen LogP contribution in [-0.2, 0) is 19.4 Å². The van der Waals surface area contributed by atoms with Gasteiger partial charge in [0.2, 0.25) is 0 Å². The number of nitrogens with zero attached hydrogens (tertiary/aromatic N) is 4. The molecule has 3 aromatic rings. The van der Waals surface area contributed by atoms with E-state index in [1.807, 2.05) is 12.1 Å². The van der Waals surface area contributed by atoms with Crippen LogP contribution in [0.5, 0.6) is 0 Å². The van der Waals surface area contributed by atoms with Gasteiger partial charge in [-0.15, -0.1) is 0 Å². The zero-order chi connectivity index (χ0) is 23.8. The summed E-state index contributed by atoms with van der Waals surface area (Å²) in [6, 6.07) is 11.6. The molecule has 1 saturated carbocycles. The first-order chi connectivity index (χ1) is 16.6. The SMILES string of the molecule is CCCCCn1nc(CCC2CCCCC2)nc1Cc1ccc(-c2cccnc2C(=O)O)cc1. The van der Waals surface area contributed by atoms with Crippen molar-refractivity contribution in [1.29, 1.82) is 0 Å². The van der Waals surface area contributed by atoms with Crippen LogP contribution in [0.1, 0.15) is 92.4 Å². The van der Waals surface area contributed by atoms with Crippen LogP contribution in [0, 0.1) is 5.92 Å². The predicted molar refractivity (Wildman–Crippen MR) is 134 cm³/mol. The summed E-state index contributed by atoms with van der Waals surface area (Å²) in [4.78, 5) is 20.5. The molecule has 34 heavy (non-hydrogen) atoms. The van der Waals surface area contributed by atoms with E-state index in [0.29, 0.717) is 5.56 Å². The Morgan fingerprint density at radius 3 is 2.62 bits per heavy atom. The van der Waals surface area contributed by atoms with Crippen molar-refractivity contribution in [1.82, 2.24) is 19.7 Å². The molecule has 1 fully saturated rings. The third-order valence-electron chi connectivity index (χ3n) is 6.90. The smallest absolute Gasteiger partial charge is 0.355 e.